The number of carbonyl (C=O) groups is 2. The normalized spacial score (nSPS) is 11.9. The van der Waals surface area contributed by atoms with Gasteiger partial charge in [-0.3, -0.25) is 24.4 Å². The molecule has 0 saturated heterocycles. The summed E-state index contributed by atoms with van der Waals surface area (Å²) < 4.78 is 6.42. The molecule has 0 aliphatic carbocycles. The highest BCUT2D eigenvalue weighted by Gasteiger charge is 2.25. The number of hydrogen-bond acceptors (Lipinski definition) is 6. The van der Waals surface area contributed by atoms with E-state index in [1.165, 1.54) is 25.5 Å². The second kappa shape index (κ2) is 7.47. The van der Waals surface area contributed by atoms with Gasteiger partial charge in [-0.2, -0.15) is 5.10 Å². The Labute approximate surface area is 150 Å². The number of ketones is 1. The minimum absolute atomic E-state index is 0.127. The van der Waals surface area contributed by atoms with E-state index in [-0.39, 0.29) is 29.4 Å². The number of rotatable bonds is 6. The highest BCUT2D eigenvalue weighted by atomic mass is 16.6. The molecular formula is C18H21N3O5. The lowest BCUT2D eigenvalue weighted by Gasteiger charge is -2.14. The third-order valence-corrected chi connectivity index (χ3v) is 4.14. The Morgan fingerprint density at radius 1 is 1.27 bits per heavy atom. The van der Waals surface area contributed by atoms with Gasteiger partial charge in [-0.05, 0) is 46.2 Å². The molecule has 1 aromatic carbocycles. The zero-order valence-electron chi connectivity index (χ0n) is 15.4. The Hall–Kier alpha value is -3.03. The maximum atomic E-state index is 12.5. The summed E-state index contributed by atoms with van der Waals surface area (Å²) in [6.07, 6.45) is -0.963. The average molecular weight is 359 g/mol. The van der Waals surface area contributed by atoms with Gasteiger partial charge >= 0.3 is 11.7 Å². The molecule has 1 heterocycles. The van der Waals surface area contributed by atoms with Gasteiger partial charge in [0.15, 0.2) is 6.10 Å². The van der Waals surface area contributed by atoms with Crippen molar-refractivity contribution in [1.29, 1.82) is 0 Å². The third kappa shape index (κ3) is 3.96. The van der Waals surface area contributed by atoms with Gasteiger partial charge in [0.2, 0.25) is 5.78 Å². The Morgan fingerprint density at radius 3 is 2.50 bits per heavy atom. The van der Waals surface area contributed by atoms with Gasteiger partial charge in [-0.1, -0.05) is 17.7 Å². The Bertz CT molecular complexity index is 885. The monoisotopic (exact) mass is 359 g/mol. The van der Waals surface area contributed by atoms with Crippen LogP contribution in [0.4, 0.5) is 5.69 Å². The fourth-order valence-electron chi connectivity index (χ4n) is 2.74. The maximum Gasteiger partial charge on any atom is 0.328 e. The number of Topliss-reactive ketones (excluding diaryl/α,β-unsaturated/α-hetero) is 1. The molecule has 2 rings (SSSR count). The highest BCUT2D eigenvalue weighted by molar-refractivity contribution is 6.01. The van der Waals surface area contributed by atoms with E-state index in [2.05, 4.69) is 5.10 Å². The Balaban J connectivity index is 2.10. The van der Waals surface area contributed by atoms with Crippen LogP contribution < -0.4 is 0 Å². The molecular weight excluding hydrogens is 338 g/mol. The first-order valence-electron chi connectivity index (χ1n) is 8.11. The van der Waals surface area contributed by atoms with Crippen molar-refractivity contribution in [3.63, 3.8) is 0 Å². The van der Waals surface area contributed by atoms with Crippen molar-refractivity contribution in [3.8, 4) is 0 Å². The van der Waals surface area contributed by atoms with E-state index < -0.39 is 17.0 Å². The molecule has 1 aromatic heterocycles. The molecule has 0 aliphatic heterocycles. The van der Waals surface area contributed by atoms with Crippen LogP contribution in [0.15, 0.2) is 18.2 Å². The van der Waals surface area contributed by atoms with Crippen LogP contribution in [0.25, 0.3) is 0 Å². The number of nitrogens with zero attached hydrogens (tertiary/aromatic N) is 3. The number of esters is 1. The molecule has 2 aromatic rings. The standard InChI is InChI=1S/C18H21N3O5/c1-10-6-7-11(2)15(8-10)18(23)14(5)26-16(22)9-20-13(4)17(21(24)25)12(3)19-20/h6-8,14H,9H2,1-5H3/t14-/m1/s1. The maximum absolute atomic E-state index is 12.5. The lowest BCUT2D eigenvalue weighted by atomic mass is 9.99. The van der Waals surface area contributed by atoms with E-state index in [9.17, 15) is 19.7 Å². The fourth-order valence-corrected chi connectivity index (χ4v) is 2.74. The van der Waals surface area contributed by atoms with Gasteiger partial charge in [0.25, 0.3) is 0 Å². The van der Waals surface area contributed by atoms with Crippen LogP contribution >= 0.6 is 0 Å². The molecule has 0 fully saturated rings. The number of benzene rings is 1. The Kier molecular flexibility index (Phi) is 5.54. The van der Waals surface area contributed by atoms with E-state index >= 15 is 0 Å². The lowest BCUT2D eigenvalue weighted by Crippen LogP contribution is -2.27. The van der Waals surface area contributed by atoms with Crippen LogP contribution in [0.3, 0.4) is 0 Å². The predicted molar refractivity (Wildman–Crippen MR) is 94.2 cm³/mol. The predicted octanol–water partition coefficient (Wildman–Crippen LogP) is 2.84. The second-order valence-corrected chi connectivity index (χ2v) is 6.25. The molecule has 0 unspecified atom stereocenters. The van der Waals surface area contributed by atoms with E-state index in [0.717, 1.165) is 11.1 Å². The zero-order valence-corrected chi connectivity index (χ0v) is 15.4. The number of nitro groups is 1. The molecule has 0 amide bonds. The molecule has 0 N–H and O–H groups in total. The van der Waals surface area contributed by atoms with Crippen LogP contribution in [0.5, 0.6) is 0 Å². The molecule has 0 spiro atoms. The van der Waals surface area contributed by atoms with Crippen molar-refractivity contribution in [3.05, 3.63) is 56.4 Å². The Morgan fingerprint density at radius 2 is 1.92 bits per heavy atom. The zero-order chi connectivity index (χ0) is 19.6. The van der Waals surface area contributed by atoms with Crippen molar-refractivity contribution in [2.75, 3.05) is 0 Å². The van der Waals surface area contributed by atoms with E-state index in [4.69, 9.17) is 4.74 Å². The first kappa shape index (κ1) is 19.3. The molecule has 0 aliphatic rings. The summed E-state index contributed by atoms with van der Waals surface area (Å²) in [5, 5.41) is 15.0. The number of aromatic nitrogens is 2. The first-order chi connectivity index (χ1) is 12.1. The van der Waals surface area contributed by atoms with Crippen molar-refractivity contribution >= 4 is 17.4 Å². The van der Waals surface area contributed by atoms with Crippen LogP contribution in [-0.2, 0) is 16.1 Å². The number of carbonyl (C=O) groups excluding carboxylic acids is 2. The van der Waals surface area contributed by atoms with E-state index in [0.29, 0.717) is 5.56 Å². The highest BCUT2D eigenvalue weighted by Crippen LogP contribution is 2.22. The number of ether oxygens (including phenoxy) is 1. The van der Waals surface area contributed by atoms with Gasteiger partial charge < -0.3 is 4.74 Å². The summed E-state index contributed by atoms with van der Waals surface area (Å²) in [5.41, 5.74) is 2.60. The van der Waals surface area contributed by atoms with Crippen LogP contribution in [0.2, 0.25) is 0 Å². The molecule has 1 atom stereocenters. The van der Waals surface area contributed by atoms with Crippen molar-refractivity contribution in [2.45, 2.75) is 47.3 Å². The second-order valence-electron chi connectivity index (χ2n) is 6.25. The van der Waals surface area contributed by atoms with Crippen molar-refractivity contribution in [2.24, 2.45) is 0 Å². The molecule has 8 heteroatoms. The number of aryl methyl sites for hydroxylation is 3. The van der Waals surface area contributed by atoms with Crippen LogP contribution in [0.1, 0.15) is 39.8 Å². The van der Waals surface area contributed by atoms with Crippen molar-refractivity contribution < 1.29 is 19.2 Å². The fraction of sp³-hybridized carbons (Fsp3) is 0.389. The number of hydrogen-bond donors (Lipinski definition) is 0. The van der Waals surface area contributed by atoms with E-state index in [1.54, 1.807) is 6.07 Å². The lowest BCUT2D eigenvalue weighted by molar-refractivity contribution is -0.386. The van der Waals surface area contributed by atoms with Crippen LogP contribution in [0, 0.1) is 37.8 Å². The van der Waals surface area contributed by atoms with Gasteiger partial charge in [-0.15, -0.1) is 0 Å². The minimum Gasteiger partial charge on any atom is -0.453 e. The topological polar surface area (TPSA) is 104 Å². The molecule has 26 heavy (non-hydrogen) atoms. The smallest absolute Gasteiger partial charge is 0.328 e. The van der Waals surface area contributed by atoms with E-state index in [1.807, 2.05) is 26.0 Å². The van der Waals surface area contributed by atoms with Gasteiger partial charge in [0.1, 0.15) is 17.9 Å². The molecule has 8 nitrogen and oxygen atoms in total. The molecule has 138 valence electrons. The quantitative estimate of drug-likeness (QED) is 0.340. The summed E-state index contributed by atoms with van der Waals surface area (Å²) in [7, 11) is 0. The average Bonchev–Trinajstić information content (AvgIpc) is 2.82. The minimum atomic E-state index is -0.963. The summed E-state index contributed by atoms with van der Waals surface area (Å²) >= 11 is 0. The summed E-state index contributed by atoms with van der Waals surface area (Å²) in [5.74, 6) is -0.976. The van der Waals surface area contributed by atoms with Gasteiger partial charge in [-0.25, -0.2) is 0 Å². The third-order valence-electron chi connectivity index (χ3n) is 4.14. The van der Waals surface area contributed by atoms with Crippen molar-refractivity contribution in [1.82, 2.24) is 9.78 Å². The molecule has 0 bridgehead atoms. The molecule has 0 radical (unpaired) electrons. The van der Waals surface area contributed by atoms with Crippen LogP contribution in [-0.4, -0.2) is 32.6 Å². The summed E-state index contributed by atoms with van der Waals surface area (Å²) in [4.78, 5) is 35.2. The summed E-state index contributed by atoms with van der Waals surface area (Å²) in [6.45, 7) is 7.91. The van der Waals surface area contributed by atoms with Gasteiger partial charge in [0, 0.05) is 5.56 Å². The first-order valence-corrected chi connectivity index (χ1v) is 8.11. The SMILES string of the molecule is Cc1ccc(C)c(C(=O)[C@@H](C)OC(=O)Cn2nc(C)c([N+](=O)[O-])c2C)c1. The molecule has 0 saturated carbocycles. The largest absolute Gasteiger partial charge is 0.453 e. The van der Waals surface area contributed by atoms with Gasteiger partial charge in [0.05, 0.1) is 4.92 Å². The summed E-state index contributed by atoms with van der Waals surface area (Å²) in [6, 6.07) is 5.50.